The maximum absolute atomic E-state index is 13.0. The summed E-state index contributed by atoms with van der Waals surface area (Å²) in [5, 5.41) is 3.31. The maximum atomic E-state index is 13.0. The molecular formula is C47H59N3O5. The van der Waals surface area contributed by atoms with Crippen LogP contribution < -0.4 is 16.0 Å². The number of esters is 2. The first-order chi connectivity index (χ1) is 26.2. The molecule has 2 fully saturated rings. The Morgan fingerprint density at radius 2 is 1.16 bits per heavy atom. The van der Waals surface area contributed by atoms with Crippen molar-refractivity contribution in [1.82, 2.24) is 0 Å². The minimum absolute atomic E-state index is 0.0649. The van der Waals surface area contributed by atoms with E-state index in [1.165, 1.54) is 16.0 Å². The lowest BCUT2D eigenvalue weighted by atomic mass is 9.74. The number of para-hydroxylation sites is 1. The lowest BCUT2D eigenvalue weighted by molar-refractivity contribution is -0.154. The number of nitrogens with zero attached hydrogens (tertiary/aromatic N) is 1. The number of carbonyl (C=O) groups is 4. The standard InChI is InChI=1S/C23H28N2O2.C13H13N.C11H18O3/c1-4-5-15-23(2,3)20-16-21(26)25(22(20)27)19-13-11-18(12-14-19)24-17-9-7-6-8-10-17;14-13-8-6-12(7-9-13)10-11-4-2-1-3-5-11;1-4-5-6-11(2,3)8-7-9(12)14-10(8)13/h6-14,20,24H,4-5,15-16H2,1-3H3;1-9H,10,14H2;8H,4-7H2,1-3H3. The molecule has 2 saturated heterocycles. The van der Waals surface area contributed by atoms with E-state index in [0.29, 0.717) is 12.1 Å². The van der Waals surface area contributed by atoms with Crippen LogP contribution in [0.4, 0.5) is 22.7 Å². The third-order valence-electron chi connectivity index (χ3n) is 10.7. The van der Waals surface area contributed by atoms with Gasteiger partial charge in [-0.25, -0.2) is 0 Å². The number of ether oxygens (including phenoxy) is 1. The van der Waals surface area contributed by atoms with E-state index in [0.717, 1.165) is 62.0 Å². The third kappa shape index (κ3) is 12.4. The minimum atomic E-state index is -0.371. The zero-order valence-electron chi connectivity index (χ0n) is 33.5. The molecule has 2 aliphatic rings. The van der Waals surface area contributed by atoms with E-state index in [1.54, 1.807) is 0 Å². The van der Waals surface area contributed by atoms with Crippen molar-refractivity contribution in [3.63, 3.8) is 0 Å². The molecule has 0 bridgehead atoms. The van der Waals surface area contributed by atoms with Crippen molar-refractivity contribution >= 4 is 46.5 Å². The highest BCUT2D eigenvalue weighted by Crippen LogP contribution is 2.41. The molecule has 2 aliphatic heterocycles. The summed E-state index contributed by atoms with van der Waals surface area (Å²) in [6, 6.07) is 35.8. The molecule has 2 amide bonds. The number of nitrogen functional groups attached to an aromatic ring is 1. The van der Waals surface area contributed by atoms with E-state index >= 15 is 0 Å². The number of benzene rings is 4. The summed E-state index contributed by atoms with van der Waals surface area (Å²) in [7, 11) is 0. The van der Waals surface area contributed by atoms with E-state index in [-0.39, 0.29) is 52.8 Å². The molecule has 2 heterocycles. The maximum Gasteiger partial charge on any atom is 0.317 e. The number of imide groups is 1. The Balaban J connectivity index is 0.000000202. The number of hydrogen-bond donors (Lipinski definition) is 2. The van der Waals surface area contributed by atoms with Gasteiger partial charge in [0.05, 0.1) is 23.9 Å². The second-order valence-electron chi connectivity index (χ2n) is 16.0. The molecule has 0 saturated carbocycles. The van der Waals surface area contributed by atoms with E-state index in [4.69, 9.17) is 5.73 Å². The Morgan fingerprint density at radius 3 is 1.69 bits per heavy atom. The molecule has 0 aliphatic carbocycles. The Bertz CT molecular complexity index is 1840. The first-order valence-electron chi connectivity index (χ1n) is 19.7. The van der Waals surface area contributed by atoms with Gasteiger partial charge in [-0.1, -0.05) is 128 Å². The summed E-state index contributed by atoms with van der Waals surface area (Å²) >= 11 is 0. The van der Waals surface area contributed by atoms with Crippen LogP contribution in [0, 0.1) is 22.7 Å². The number of carbonyl (C=O) groups excluding carboxylic acids is 4. The predicted octanol–water partition coefficient (Wildman–Crippen LogP) is 10.7. The average Bonchev–Trinajstić information content (AvgIpc) is 3.69. The number of nitrogens with two attached hydrogens (primary N) is 1. The topological polar surface area (TPSA) is 119 Å². The highest BCUT2D eigenvalue weighted by molar-refractivity contribution is 6.21. The van der Waals surface area contributed by atoms with Gasteiger partial charge in [-0.2, -0.15) is 0 Å². The molecule has 292 valence electrons. The first-order valence-corrected chi connectivity index (χ1v) is 19.7. The normalized spacial score (nSPS) is 16.9. The largest absolute Gasteiger partial charge is 0.399 e. The summed E-state index contributed by atoms with van der Waals surface area (Å²) in [6.07, 6.45) is 7.83. The fraction of sp³-hybridized carbons (Fsp3) is 0.404. The smallest absolute Gasteiger partial charge is 0.317 e. The van der Waals surface area contributed by atoms with Gasteiger partial charge in [0.15, 0.2) is 0 Å². The highest BCUT2D eigenvalue weighted by Gasteiger charge is 2.47. The van der Waals surface area contributed by atoms with Crippen molar-refractivity contribution in [1.29, 1.82) is 0 Å². The zero-order chi connectivity index (χ0) is 40.0. The Kier molecular flexibility index (Phi) is 15.4. The molecule has 55 heavy (non-hydrogen) atoms. The van der Waals surface area contributed by atoms with Crippen LogP contribution in [0.5, 0.6) is 0 Å². The van der Waals surface area contributed by atoms with Gasteiger partial charge in [0.2, 0.25) is 11.8 Å². The number of unbranched alkanes of at least 4 members (excludes halogenated alkanes) is 2. The molecule has 2 unspecified atom stereocenters. The summed E-state index contributed by atoms with van der Waals surface area (Å²) < 4.78 is 4.56. The molecule has 0 spiro atoms. The van der Waals surface area contributed by atoms with Gasteiger partial charge in [-0.05, 0) is 89.8 Å². The molecule has 0 radical (unpaired) electrons. The summed E-state index contributed by atoms with van der Waals surface area (Å²) in [6.45, 7) is 12.5. The van der Waals surface area contributed by atoms with E-state index in [9.17, 15) is 19.2 Å². The summed E-state index contributed by atoms with van der Waals surface area (Å²) in [4.78, 5) is 49.2. The van der Waals surface area contributed by atoms with Gasteiger partial charge in [0, 0.05) is 23.5 Å². The molecule has 6 rings (SSSR count). The van der Waals surface area contributed by atoms with Crippen LogP contribution in [-0.4, -0.2) is 23.8 Å². The molecular weight excluding hydrogens is 687 g/mol. The quantitative estimate of drug-likeness (QED) is 0.0605. The molecule has 8 heteroatoms. The second-order valence-corrected chi connectivity index (χ2v) is 16.0. The van der Waals surface area contributed by atoms with Crippen LogP contribution >= 0.6 is 0 Å². The number of cyclic esters (lactones) is 2. The first kappa shape index (κ1) is 42.5. The van der Waals surface area contributed by atoms with Gasteiger partial charge in [-0.15, -0.1) is 0 Å². The van der Waals surface area contributed by atoms with Crippen molar-refractivity contribution < 1.29 is 23.9 Å². The lowest BCUT2D eigenvalue weighted by Crippen LogP contribution is -2.35. The van der Waals surface area contributed by atoms with Crippen LogP contribution in [0.25, 0.3) is 0 Å². The van der Waals surface area contributed by atoms with E-state index < -0.39 is 0 Å². The number of nitrogens with one attached hydrogen (secondary N) is 1. The zero-order valence-corrected chi connectivity index (χ0v) is 33.5. The van der Waals surface area contributed by atoms with Crippen molar-refractivity contribution in [3.8, 4) is 0 Å². The predicted molar refractivity (Wildman–Crippen MR) is 223 cm³/mol. The van der Waals surface area contributed by atoms with Crippen LogP contribution in [0.1, 0.15) is 104 Å². The molecule has 3 N–H and O–H groups in total. The molecule has 4 aromatic rings. The van der Waals surface area contributed by atoms with Crippen LogP contribution in [0.2, 0.25) is 0 Å². The van der Waals surface area contributed by atoms with Gasteiger partial charge in [-0.3, -0.25) is 24.1 Å². The van der Waals surface area contributed by atoms with Crippen molar-refractivity contribution in [2.75, 3.05) is 16.0 Å². The fourth-order valence-electron chi connectivity index (χ4n) is 7.05. The average molecular weight is 746 g/mol. The van der Waals surface area contributed by atoms with Crippen LogP contribution in [0.15, 0.2) is 109 Å². The molecule has 0 aromatic heterocycles. The minimum Gasteiger partial charge on any atom is -0.399 e. The molecule has 4 aromatic carbocycles. The monoisotopic (exact) mass is 745 g/mol. The summed E-state index contributed by atoms with van der Waals surface area (Å²) in [5.74, 6) is -1.34. The SMILES string of the molecule is CCCCC(C)(C)C1CC(=O)N(c2ccc(Nc3ccccc3)cc2)C1=O.CCCCC(C)(C)C1CC(=O)OC1=O.Nc1ccc(Cc2ccccc2)cc1. The van der Waals surface area contributed by atoms with Crippen molar-refractivity contribution in [3.05, 3.63) is 120 Å². The Labute approximate surface area is 327 Å². The molecule has 2 atom stereocenters. The number of anilines is 4. The van der Waals surface area contributed by atoms with E-state index in [1.807, 2.05) is 86.6 Å². The number of rotatable bonds is 13. The highest BCUT2D eigenvalue weighted by atomic mass is 16.6. The number of hydrogen-bond acceptors (Lipinski definition) is 7. The number of amides is 2. The van der Waals surface area contributed by atoms with Gasteiger partial charge in [0.25, 0.3) is 0 Å². The Hall–Kier alpha value is -5.24. The van der Waals surface area contributed by atoms with Gasteiger partial charge >= 0.3 is 11.9 Å². The van der Waals surface area contributed by atoms with Gasteiger partial charge in [0.1, 0.15) is 0 Å². The second kappa shape index (κ2) is 19.9. The van der Waals surface area contributed by atoms with Crippen molar-refractivity contribution in [2.45, 2.75) is 99.3 Å². The van der Waals surface area contributed by atoms with E-state index in [2.05, 4.69) is 74.1 Å². The summed E-state index contributed by atoms with van der Waals surface area (Å²) in [5.41, 5.74) is 11.4. The fourth-order valence-corrected chi connectivity index (χ4v) is 7.05. The van der Waals surface area contributed by atoms with Crippen LogP contribution in [-0.2, 0) is 30.3 Å². The van der Waals surface area contributed by atoms with Gasteiger partial charge < -0.3 is 15.8 Å². The van der Waals surface area contributed by atoms with Crippen molar-refractivity contribution in [2.24, 2.45) is 22.7 Å². The van der Waals surface area contributed by atoms with Crippen LogP contribution in [0.3, 0.4) is 0 Å². The third-order valence-corrected chi connectivity index (χ3v) is 10.7. The lowest BCUT2D eigenvalue weighted by Gasteiger charge is -2.30. The Morgan fingerprint density at radius 1 is 0.655 bits per heavy atom. The molecule has 8 nitrogen and oxygen atoms in total.